The lowest BCUT2D eigenvalue weighted by Crippen LogP contribution is -2.29. The second-order valence-electron chi connectivity index (χ2n) is 11.8. The van der Waals surface area contributed by atoms with Crippen LogP contribution in [0.5, 0.6) is 0 Å². The molecule has 2 aromatic carbocycles. The van der Waals surface area contributed by atoms with Gasteiger partial charge >= 0.3 is 5.97 Å². The van der Waals surface area contributed by atoms with E-state index in [-0.39, 0.29) is 6.54 Å². The quantitative estimate of drug-likeness (QED) is 0.145. The summed E-state index contributed by atoms with van der Waals surface area (Å²) in [6.07, 6.45) is 0. The van der Waals surface area contributed by atoms with Gasteiger partial charge in [-0.1, -0.05) is 86.5 Å². The highest BCUT2D eigenvalue weighted by molar-refractivity contribution is 5.73. The molecular weight excluding hydrogens is 570 g/mol. The number of carboxylic acid groups (broad SMARTS) is 1. The van der Waals surface area contributed by atoms with Crippen molar-refractivity contribution in [3.63, 3.8) is 0 Å². The Bertz CT molecular complexity index is 1780. The smallest absolute Gasteiger partial charge is 0.317 e. The Kier molecular flexibility index (Phi) is 10.7. The first-order valence-corrected chi connectivity index (χ1v) is 16.0. The zero-order chi connectivity index (χ0) is 32.6. The molecule has 7 nitrogen and oxygen atoms in total. The molecule has 0 aliphatic heterocycles. The lowest BCUT2D eigenvalue weighted by Gasteiger charge is -2.19. The first-order chi connectivity index (χ1) is 22.2. The van der Waals surface area contributed by atoms with Gasteiger partial charge in [0.25, 0.3) is 0 Å². The van der Waals surface area contributed by atoms with Crippen LogP contribution in [0, 0.1) is 13.8 Å². The molecule has 0 aliphatic carbocycles. The van der Waals surface area contributed by atoms with E-state index in [9.17, 15) is 9.90 Å². The largest absolute Gasteiger partial charge is 0.480 e. The Morgan fingerprint density at radius 1 is 0.565 bits per heavy atom. The minimum Gasteiger partial charge on any atom is -0.480 e. The molecule has 0 atom stereocenters. The maximum absolute atomic E-state index is 11.5. The van der Waals surface area contributed by atoms with Crippen molar-refractivity contribution in [1.29, 1.82) is 0 Å². The molecule has 46 heavy (non-hydrogen) atoms. The molecule has 0 saturated carbocycles. The predicted molar refractivity (Wildman–Crippen MR) is 186 cm³/mol. The fourth-order valence-corrected chi connectivity index (χ4v) is 5.52. The molecule has 5 aromatic rings. The van der Waals surface area contributed by atoms with Gasteiger partial charge in [-0.3, -0.25) is 14.6 Å². The first kappa shape index (κ1) is 32.7. The molecule has 3 aromatic heterocycles. The van der Waals surface area contributed by atoms with Gasteiger partial charge in [0.2, 0.25) is 0 Å². The highest BCUT2D eigenvalue weighted by Crippen LogP contribution is 2.30. The van der Waals surface area contributed by atoms with E-state index in [1.807, 2.05) is 30.0 Å². The van der Waals surface area contributed by atoms with Crippen molar-refractivity contribution in [3.8, 4) is 45.0 Å². The molecule has 0 unspecified atom stereocenters. The SMILES string of the molecule is CCN(CC)Cc1cc(-c2ccc(C)cc2)cc(-c2cccc(-c3cc(-c4ccc(C)cc4)cc(CN(CC)CC(=O)O)n3)n2)n1. The molecule has 1 N–H and O–H groups in total. The second kappa shape index (κ2) is 15.0. The van der Waals surface area contributed by atoms with E-state index >= 15 is 0 Å². The van der Waals surface area contributed by atoms with Gasteiger partial charge in [-0.15, -0.1) is 0 Å². The van der Waals surface area contributed by atoms with Gasteiger partial charge in [0.15, 0.2) is 0 Å². The topological polar surface area (TPSA) is 82.5 Å². The van der Waals surface area contributed by atoms with Crippen LogP contribution in [0.3, 0.4) is 0 Å². The standard InChI is InChI=1S/C39H43N5O2/c1-6-43(7-2)24-33-20-31(29-16-12-27(4)13-17-29)22-37(40-33)35-10-9-11-36(42-35)38-23-32(30-18-14-28(5)15-19-30)21-34(41-38)25-44(8-3)26-39(45)46/h9-23H,6-8,24-26H2,1-5H3,(H,45,46). The Morgan fingerprint density at radius 3 is 1.41 bits per heavy atom. The number of aromatic nitrogens is 3. The normalized spacial score (nSPS) is 11.4. The van der Waals surface area contributed by atoms with Crippen LogP contribution in [-0.2, 0) is 17.9 Å². The van der Waals surface area contributed by atoms with Crippen LogP contribution < -0.4 is 0 Å². The number of carbonyl (C=O) groups is 1. The highest BCUT2D eigenvalue weighted by Gasteiger charge is 2.15. The average Bonchev–Trinajstić information content (AvgIpc) is 3.07. The van der Waals surface area contributed by atoms with Gasteiger partial charge < -0.3 is 5.11 Å². The monoisotopic (exact) mass is 613 g/mol. The number of benzene rings is 2. The minimum absolute atomic E-state index is 0.0468. The Hall–Kier alpha value is -4.72. The summed E-state index contributed by atoms with van der Waals surface area (Å²) in [6.45, 7) is 14.1. The second-order valence-corrected chi connectivity index (χ2v) is 11.8. The van der Waals surface area contributed by atoms with Gasteiger partial charge in [0.1, 0.15) is 0 Å². The van der Waals surface area contributed by atoms with Crippen LogP contribution in [0.1, 0.15) is 43.3 Å². The van der Waals surface area contributed by atoms with Crippen molar-refractivity contribution in [2.45, 2.75) is 47.7 Å². The number of hydrogen-bond donors (Lipinski definition) is 1. The van der Waals surface area contributed by atoms with Crippen LogP contribution in [0.25, 0.3) is 45.0 Å². The summed E-state index contributed by atoms with van der Waals surface area (Å²) in [7, 11) is 0. The number of hydrogen-bond acceptors (Lipinski definition) is 6. The van der Waals surface area contributed by atoms with Crippen molar-refractivity contribution in [2.24, 2.45) is 0 Å². The zero-order valence-electron chi connectivity index (χ0n) is 27.5. The van der Waals surface area contributed by atoms with Crippen LogP contribution in [0.2, 0.25) is 0 Å². The van der Waals surface area contributed by atoms with Gasteiger partial charge in [0, 0.05) is 13.1 Å². The molecule has 3 heterocycles. The van der Waals surface area contributed by atoms with Crippen LogP contribution in [-0.4, -0.2) is 62.0 Å². The van der Waals surface area contributed by atoms with Gasteiger partial charge in [0.05, 0.1) is 40.7 Å². The molecule has 0 bridgehead atoms. The lowest BCUT2D eigenvalue weighted by molar-refractivity contribution is -0.138. The van der Waals surface area contributed by atoms with Crippen LogP contribution >= 0.6 is 0 Å². The van der Waals surface area contributed by atoms with Crippen molar-refractivity contribution in [3.05, 3.63) is 114 Å². The number of aliphatic carboxylic acids is 1. The van der Waals surface area contributed by atoms with Crippen molar-refractivity contribution in [1.82, 2.24) is 24.8 Å². The lowest BCUT2D eigenvalue weighted by atomic mass is 10.0. The molecular formula is C39H43N5O2. The van der Waals surface area contributed by atoms with Gasteiger partial charge in [-0.2, -0.15) is 0 Å². The van der Waals surface area contributed by atoms with E-state index in [4.69, 9.17) is 15.0 Å². The van der Waals surface area contributed by atoms with Gasteiger partial charge in [-0.25, -0.2) is 15.0 Å². The van der Waals surface area contributed by atoms with E-state index in [0.29, 0.717) is 13.1 Å². The van der Waals surface area contributed by atoms with Crippen LogP contribution in [0.4, 0.5) is 0 Å². The van der Waals surface area contributed by atoms with Gasteiger partial charge in [-0.05, 0) is 92.1 Å². The Labute approximate surface area is 272 Å². The van der Waals surface area contributed by atoms with Crippen molar-refractivity contribution >= 4 is 5.97 Å². The molecule has 236 valence electrons. The molecule has 0 spiro atoms. The fourth-order valence-electron chi connectivity index (χ4n) is 5.52. The summed E-state index contributed by atoms with van der Waals surface area (Å²) in [6, 6.07) is 31.4. The maximum atomic E-state index is 11.5. The summed E-state index contributed by atoms with van der Waals surface area (Å²) in [5.41, 5.74) is 11.6. The third kappa shape index (κ3) is 8.30. The van der Waals surface area contributed by atoms with Crippen LogP contribution in [0.15, 0.2) is 91.0 Å². The van der Waals surface area contributed by atoms with Crippen molar-refractivity contribution in [2.75, 3.05) is 26.2 Å². The van der Waals surface area contributed by atoms with E-state index in [0.717, 1.165) is 76.1 Å². The molecule has 5 rings (SSSR count). The molecule has 0 aliphatic rings. The summed E-state index contributed by atoms with van der Waals surface area (Å²) in [4.78, 5) is 31.0. The molecule has 7 heteroatoms. The molecule has 0 fully saturated rings. The zero-order valence-corrected chi connectivity index (χ0v) is 27.5. The van der Waals surface area contributed by atoms with E-state index in [1.54, 1.807) is 0 Å². The molecule has 0 saturated heterocycles. The summed E-state index contributed by atoms with van der Waals surface area (Å²) in [5.74, 6) is -0.855. The molecule has 0 radical (unpaired) electrons. The third-order valence-electron chi connectivity index (χ3n) is 8.27. The average molecular weight is 614 g/mol. The molecule has 0 amide bonds. The Balaban J connectivity index is 1.59. The number of pyridine rings is 3. The number of likely N-dealkylation sites (N-methyl/N-ethyl adjacent to an activating group) is 1. The Morgan fingerprint density at radius 2 is 1.00 bits per heavy atom. The summed E-state index contributed by atoms with van der Waals surface area (Å²) < 4.78 is 0. The number of carboxylic acids is 1. The summed E-state index contributed by atoms with van der Waals surface area (Å²) in [5, 5.41) is 9.44. The fraction of sp³-hybridized carbons (Fsp3) is 0.282. The van der Waals surface area contributed by atoms with E-state index in [2.05, 4.69) is 105 Å². The predicted octanol–water partition coefficient (Wildman–Crippen LogP) is 7.90. The first-order valence-electron chi connectivity index (χ1n) is 16.0. The van der Waals surface area contributed by atoms with E-state index in [1.165, 1.54) is 11.1 Å². The number of nitrogens with zero attached hydrogens (tertiary/aromatic N) is 5. The van der Waals surface area contributed by atoms with Crippen molar-refractivity contribution < 1.29 is 9.90 Å². The highest BCUT2D eigenvalue weighted by atomic mass is 16.4. The number of aryl methyl sites for hydroxylation is 2. The van der Waals surface area contributed by atoms with E-state index < -0.39 is 5.97 Å². The summed E-state index contributed by atoms with van der Waals surface area (Å²) >= 11 is 0. The maximum Gasteiger partial charge on any atom is 0.317 e. The number of rotatable bonds is 13. The third-order valence-corrected chi connectivity index (χ3v) is 8.27. The minimum atomic E-state index is -0.855.